The van der Waals surface area contributed by atoms with Crippen molar-refractivity contribution in [3.63, 3.8) is 0 Å². The van der Waals surface area contributed by atoms with Gasteiger partial charge < -0.3 is 15.4 Å². The van der Waals surface area contributed by atoms with Crippen molar-refractivity contribution in [1.82, 2.24) is 0 Å². The van der Waals surface area contributed by atoms with Gasteiger partial charge in [0.15, 0.2) is 5.78 Å². The Morgan fingerprint density at radius 3 is 2.55 bits per heavy atom. The quantitative estimate of drug-likeness (QED) is 0.587. The molecule has 2 N–H and O–H groups in total. The summed E-state index contributed by atoms with van der Waals surface area (Å²) in [6.45, 7) is 0. The molecule has 0 bridgehead atoms. The average molecular weight is 403 g/mol. The maximum Gasteiger partial charge on any atom is 0.163 e. The van der Waals surface area contributed by atoms with Crippen LogP contribution < -0.4 is 15.4 Å². The first kappa shape index (κ1) is 18.0. The number of fused-ring (bicyclic) bond motifs is 1. The molecule has 1 aliphatic carbocycles. The number of hydrogen-bond donors (Lipinski definition) is 2. The molecular weight excluding hydrogens is 380 g/mol. The fraction of sp³-hybridized carbons (Fsp3) is 0.208. The molecule has 0 saturated carbocycles. The van der Waals surface area contributed by atoms with Crippen LogP contribution in [0.25, 0.3) is 0 Å². The number of rotatable bonds is 3. The van der Waals surface area contributed by atoms with E-state index in [0.29, 0.717) is 6.42 Å². The standard InChI is InChI=1S/C24H22N2O2S/c1-28-21-10-5-2-7-16(21)24-23-19(25-17-8-3-4-9-18(17)26-24)13-15(14-20(23)27)22-11-6-12-29-22/h2-12,15,24-26H,13-14H2,1H3. The van der Waals surface area contributed by atoms with E-state index in [2.05, 4.69) is 34.2 Å². The minimum atomic E-state index is -0.255. The molecule has 0 amide bonds. The Kier molecular flexibility index (Phi) is 4.60. The number of para-hydroxylation sites is 3. The molecule has 2 aliphatic rings. The molecule has 5 rings (SSSR count). The fourth-order valence-electron chi connectivity index (χ4n) is 4.36. The lowest BCUT2D eigenvalue weighted by molar-refractivity contribution is -0.116. The Labute approximate surface area is 174 Å². The smallest absolute Gasteiger partial charge is 0.163 e. The second-order valence-corrected chi connectivity index (χ2v) is 8.41. The van der Waals surface area contributed by atoms with Gasteiger partial charge in [0.25, 0.3) is 0 Å². The van der Waals surface area contributed by atoms with E-state index in [9.17, 15) is 4.79 Å². The molecule has 0 saturated heterocycles. The fourth-order valence-corrected chi connectivity index (χ4v) is 5.19. The highest BCUT2D eigenvalue weighted by molar-refractivity contribution is 7.10. The highest BCUT2D eigenvalue weighted by atomic mass is 32.1. The zero-order chi connectivity index (χ0) is 19.8. The van der Waals surface area contributed by atoms with E-state index in [1.165, 1.54) is 4.88 Å². The zero-order valence-electron chi connectivity index (χ0n) is 16.1. The molecule has 3 aromatic rings. The van der Waals surface area contributed by atoms with Gasteiger partial charge in [-0.3, -0.25) is 4.79 Å². The van der Waals surface area contributed by atoms with Crippen molar-refractivity contribution in [2.75, 3.05) is 17.7 Å². The van der Waals surface area contributed by atoms with Crippen LogP contribution in [0, 0.1) is 0 Å². The Morgan fingerprint density at radius 2 is 1.76 bits per heavy atom. The minimum Gasteiger partial charge on any atom is -0.496 e. The molecule has 146 valence electrons. The third kappa shape index (κ3) is 3.21. The van der Waals surface area contributed by atoms with Gasteiger partial charge in [-0.25, -0.2) is 0 Å². The van der Waals surface area contributed by atoms with Crippen molar-refractivity contribution in [2.24, 2.45) is 0 Å². The lowest BCUT2D eigenvalue weighted by atomic mass is 9.80. The Hall–Kier alpha value is -3.05. The summed E-state index contributed by atoms with van der Waals surface area (Å²) in [4.78, 5) is 14.7. The van der Waals surface area contributed by atoms with Crippen LogP contribution in [0.5, 0.6) is 5.75 Å². The van der Waals surface area contributed by atoms with Crippen LogP contribution in [-0.4, -0.2) is 12.9 Å². The van der Waals surface area contributed by atoms with E-state index in [1.54, 1.807) is 18.4 Å². The molecule has 0 spiro atoms. The van der Waals surface area contributed by atoms with Gasteiger partial charge in [0, 0.05) is 34.0 Å². The van der Waals surface area contributed by atoms with Gasteiger partial charge in [0.1, 0.15) is 5.75 Å². The monoisotopic (exact) mass is 402 g/mol. The molecule has 29 heavy (non-hydrogen) atoms. The van der Waals surface area contributed by atoms with E-state index in [1.807, 2.05) is 42.5 Å². The number of carbonyl (C=O) groups is 1. The summed E-state index contributed by atoms with van der Waals surface area (Å²) >= 11 is 1.73. The van der Waals surface area contributed by atoms with Crippen molar-refractivity contribution in [3.8, 4) is 5.75 Å². The largest absolute Gasteiger partial charge is 0.496 e. The summed E-state index contributed by atoms with van der Waals surface area (Å²) in [6.07, 6.45) is 1.36. The van der Waals surface area contributed by atoms with E-state index >= 15 is 0 Å². The van der Waals surface area contributed by atoms with E-state index < -0.39 is 0 Å². The van der Waals surface area contributed by atoms with Crippen LogP contribution in [-0.2, 0) is 4.79 Å². The second-order valence-electron chi connectivity index (χ2n) is 7.43. The number of nitrogens with one attached hydrogen (secondary N) is 2. The SMILES string of the molecule is COc1ccccc1C1Nc2ccccc2NC2=C1C(=O)CC(c1cccs1)C2. The summed E-state index contributed by atoms with van der Waals surface area (Å²) in [5.74, 6) is 1.19. The Morgan fingerprint density at radius 1 is 0.966 bits per heavy atom. The van der Waals surface area contributed by atoms with Gasteiger partial charge >= 0.3 is 0 Å². The first-order valence-corrected chi connectivity index (χ1v) is 10.7. The van der Waals surface area contributed by atoms with Gasteiger partial charge in [-0.15, -0.1) is 11.3 Å². The predicted molar refractivity (Wildman–Crippen MR) is 118 cm³/mol. The maximum absolute atomic E-state index is 13.4. The number of hydrogen-bond acceptors (Lipinski definition) is 5. The van der Waals surface area contributed by atoms with E-state index in [-0.39, 0.29) is 17.7 Å². The molecule has 5 heteroatoms. The molecule has 2 atom stereocenters. The molecule has 1 aliphatic heterocycles. The van der Waals surface area contributed by atoms with Crippen LogP contribution in [0.3, 0.4) is 0 Å². The zero-order valence-corrected chi connectivity index (χ0v) is 17.0. The van der Waals surface area contributed by atoms with E-state index in [4.69, 9.17) is 4.74 Å². The molecular formula is C24H22N2O2S. The Balaban J connectivity index is 1.65. The van der Waals surface area contributed by atoms with Gasteiger partial charge in [0.2, 0.25) is 0 Å². The predicted octanol–water partition coefficient (Wildman–Crippen LogP) is 5.74. The van der Waals surface area contributed by atoms with Crippen LogP contribution in [0.15, 0.2) is 77.3 Å². The Bertz CT molecular complexity index is 1090. The van der Waals surface area contributed by atoms with Gasteiger partial charge in [-0.1, -0.05) is 36.4 Å². The van der Waals surface area contributed by atoms with Crippen molar-refractivity contribution >= 4 is 28.5 Å². The average Bonchev–Trinajstić information content (AvgIpc) is 3.23. The first-order valence-electron chi connectivity index (χ1n) is 9.79. The summed E-state index contributed by atoms with van der Waals surface area (Å²) in [7, 11) is 1.67. The molecule has 2 aromatic carbocycles. The van der Waals surface area contributed by atoms with Crippen molar-refractivity contribution in [3.05, 3.63) is 87.8 Å². The summed E-state index contributed by atoms with van der Waals surface area (Å²) in [6, 6.07) is 20.0. The third-order valence-electron chi connectivity index (χ3n) is 5.70. The number of benzene rings is 2. The molecule has 4 nitrogen and oxygen atoms in total. The van der Waals surface area contributed by atoms with Crippen LogP contribution in [0.4, 0.5) is 11.4 Å². The highest BCUT2D eigenvalue weighted by Gasteiger charge is 2.37. The van der Waals surface area contributed by atoms with Crippen molar-refractivity contribution in [2.45, 2.75) is 24.8 Å². The number of ether oxygens (including phenoxy) is 1. The first-order chi connectivity index (χ1) is 14.2. The lowest BCUT2D eigenvalue weighted by Gasteiger charge is -2.29. The highest BCUT2D eigenvalue weighted by Crippen LogP contribution is 2.46. The number of allylic oxidation sites excluding steroid dienone is 1. The number of carbonyl (C=O) groups excluding carboxylic acids is 1. The number of thiophene rings is 1. The maximum atomic E-state index is 13.4. The summed E-state index contributed by atoms with van der Waals surface area (Å²) in [5.41, 5.74) is 4.78. The van der Waals surface area contributed by atoms with Crippen LogP contribution >= 0.6 is 11.3 Å². The minimum absolute atomic E-state index is 0.188. The lowest BCUT2D eigenvalue weighted by Crippen LogP contribution is -2.26. The van der Waals surface area contributed by atoms with Crippen LogP contribution in [0.2, 0.25) is 0 Å². The molecule has 2 heterocycles. The summed E-state index contributed by atoms with van der Waals surface area (Å²) < 4.78 is 5.63. The number of methoxy groups -OCH3 is 1. The van der Waals surface area contributed by atoms with E-state index in [0.717, 1.165) is 40.4 Å². The second kappa shape index (κ2) is 7.41. The van der Waals surface area contributed by atoms with Crippen molar-refractivity contribution in [1.29, 1.82) is 0 Å². The molecule has 0 radical (unpaired) electrons. The number of Topliss-reactive ketones (excluding diaryl/α,β-unsaturated/α-hetero) is 1. The number of anilines is 2. The van der Waals surface area contributed by atoms with Gasteiger partial charge in [-0.05, 0) is 36.1 Å². The third-order valence-corrected chi connectivity index (χ3v) is 6.74. The molecule has 1 aromatic heterocycles. The van der Waals surface area contributed by atoms with Gasteiger partial charge in [-0.2, -0.15) is 0 Å². The van der Waals surface area contributed by atoms with Crippen LogP contribution in [0.1, 0.15) is 35.2 Å². The van der Waals surface area contributed by atoms with Gasteiger partial charge in [0.05, 0.1) is 24.5 Å². The topological polar surface area (TPSA) is 50.4 Å². The summed E-state index contributed by atoms with van der Waals surface area (Å²) in [5, 5.41) is 9.27. The van der Waals surface area contributed by atoms with Crippen molar-refractivity contribution < 1.29 is 9.53 Å². The normalized spacial score (nSPS) is 20.8. The molecule has 0 fully saturated rings. The molecule has 2 unspecified atom stereocenters. The number of ketones is 1.